The van der Waals surface area contributed by atoms with Gasteiger partial charge < -0.3 is 21.1 Å². The number of carbonyl (C=O) groups is 2. The number of nitrogens with two attached hydrogens (primary N) is 1. The Balaban J connectivity index is 0.00000242. The molecule has 1 aromatic carbocycles. The highest BCUT2D eigenvalue weighted by Gasteiger charge is 2.25. The fraction of sp³-hybridized carbons (Fsp3) is 0.357. The SMILES string of the molecule is CC(C)(CC(=O)O)CC(=O)Nc1ccc2nc(N)[nH]c2c1.Cl. The number of carbonyl (C=O) groups excluding carboxylic acids is 1. The molecule has 0 saturated heterocycles. The van der Waals surface area contributed by atoms with Gasteiger partial charge in [0.25, 0.3) is 0 Å². The van der Waals surface area contributed by atoms with Crippen molar-refractivity contribution in [3.05, 3.63) is 18.2 Å². The number of aromatic nitrogens is 2. The Morgan fingerprint density at radius 1 is 1.36 bits per heavy atom. The second-order valence-electron chi connectivity index (χ2n) is 5.81. The Morgan fingerprint density at radius 3 is 2.68 bits per heavy atom. The number of hydrogen-bond acceptors (Lipinski definition) is 4. The molecule has 22 heavy (non-hydrogen) atoms. The Morgan fingerprint density at radius 2 is 2.05 bits per heavy atom. The van der Waals surface area contributed by atoms with Crippen LogP contribution in [0.5, 0.6) is 0 Å². The number of benzene rings is 1. The van der Waals surface area contributed by atoms with Gasteiger partial charge in [-0.15, -0.1) is 12.4 Å². The molecule has 0 aliphatic heterocycles. The highest BCUT2D eigenvalue weighted by Crippen LogP contribution is 2.26. The van der Waals surface area contributed by atoms with E-state index in [1.165, 1.54) is 0 Å². The fourth-order valence-corrected chi connectivity index (χ4v) is 2.22. The lowest BCUT2D eigenvalue weighted by Crippen LogP contribution is -2.24. The lowest BCUT2D eigenvalue weighted by Gasteiger charge is -2.21. The Kier molecular flexibility index (Phi) is 5.38. The van der Waals surface area contributed by atoms with Crippen LogP contribution in [-0.4, -0.2) is 27.0 Å². The number of aliphatic carboxylic acids is 1. The van der Waals surface area contributed by atoms with E-state index in [1.54, 1.807) is 32.0 Å². The van der Waals surface area contributed by atoms with Crippen LogP contribution in [0.3, 0.4) is 0 Å². The molecule has 0 radical (unpaired) electrons. The molecule has 0 spiro atoms. The number of carboxylic acids is 1. The highest BCUT2D eigenvalue weighted by molar-refractivity contribution is 5.93. The number of fused-ring (bicyclic) bond motifs is 1. The maximum Gasteiger partial charge on any atom is 0.303 e. The highest BCUT2D eigenvalue weighted by atomic mass is 35.5. The number of H-pyrrole nitrogens is 1. The van der Waals surface area contributed by atoms with Gasteiger partial charge in [0.2, 0.25) is 5.91 Å². The molecule has 120 valence electrons. The quantitative estimate of drug-likeness (QED) is 0.672. The second-order valence-corrected chi connectivity index (χ2v) is 5.81. The second kappa shape index (κ2) is 6.65. The van der Waals surface area contributed by atoms with Gasteiger partial charge in [-0.1, -0.05) is 13.8 Å². The molecule has 0 aliphatic carbocycles. The molecule has 1 amide bonds. The molecule has 8 heteroatoms. The molecule has 0 unspecified atom stereocenters. The van der Waals surface area contributed by atoms with Crippen LogP contribution in [0, 0.1) is 5.41 Å². The largest absolute Gasteiger partial charge is 0.481 e. The summed E-state index contributed by atoms with van der Waals surface area (Å²) in [6.45, 7) is 3.50. The third-order valence-electron chi connectivity index (χ3n) is 3.05. The Hall–Kier alpha value is -2.28. The van der Waals surface area contributed by atoms with Crippen molar-refractivity contribution in [3.8, 4) is 0 Å². The first-order valence-electron chi connectivity index (χ1n) is 6.52. The van der Waals surface area contributed by atoms with Crippen LogP contribution in [0.15, 0.2) is 18.2 Å². The molecule has 1 aromatic heterocycles. The third kappa shape index (κ3) is 4.63. The van der Waals surface area contributed by atoms with E-state index in [9.17, 15) is 9.59 Å². The summed E-state index contributed by atoms with van der Waals surface area (Å²) in [6.07, 6.45) is 0.0684. The van der Waals surface area contributed by atoms with Gasteiger partial charge in [-0.05, 0) is 23.6 Å². The van der Waals surface area contributed by atoms with Crippen LogP contribution >= 0.6 is 12.4 Å². The van der Waals surface area contributed by atoms with Crippen molar-refractivity contribution in [2.24, 2.45) is 5.41 Å². The smallest absolute Gasteiger partial charge is 0.303 e. The fourth-order valence-electron chi connectivity index (χ4n) is 2.22. The van der Waals surface area contributed by atoms with Crippen LogP contribution in [0.4, 0.5) is 11.6 Å². The molecular weight excluding hydrogens is 308 g/mol. The van der Waals surface area contributed by atoms with Gasteiger partial charge in [-0.25, -0.2) is 4.98 Å². The number of nitrogen functional groups attached to an aromatic ring is 1. The van der Waals surface area contributed by atoms with Crippen molar-refractivity contribution >= 4 is 47.0 Å². The molecule has 5 N–H and O–H groups in total. The number of carboxylic acid groups (broad SMARTS) is 1. The lowest BCUT2D eigenvalue weighted by atomic mass is 9.85. The number of nitrogens with zero attached hydrogens (tertiary/aromatic N) is 1. The number of aromatic amines is 1. The maximum atomic E-state index is 12.0. The van der Waals surface area contributed by atoms with E-state index in [0.717, 1.165) is 11.0 Å². The monoisotopic (exact) mass is 326 g/mol. The molecule has 0 aliphatic rings. The molecule has 2 aromatic rings. The summed E-state index contributed by atoms with van der Waals surface area (Å²) in [7, 11) is 0. The summed E-state index contributed by atoms with van der Waals surface area (Å²) in [4.78, 5) is 29.7. The molecular formula is C14H19ClN4O3. The van der Waals surface area contributed by atoms with Crippen LogP contribution < -0.4 is 11.1 Å². The van der Waals surface area contributed by atoms with Crippen molar-refractivity contribution in [1.82, 2.24) is 9.97 Å². The van der Waals surface area contributed by atoms with Gasteiger partial charge >= 0.3 is 5.97 Å². The van der Waals surface area contributed by atoms with Crippen molar-refractivity contribution in [2.45, 2.75) is 26.7 Å². The molecule has 0 bridgehead atoms. The summed E-state index contributed by atoms with van der Waals surface area (Å²) in [5.41, 5.74) is 7.03. The third-order valence-corrected chi connectivity index (χ3v) is 3.05. The van der Waals surface area contributed by atoms with Gasteiger partial charge in [0.15, 0.2) is 5.95 Å². The molecule has 1 heterocycles. The first kappa shape index (κ1) is 17.8. The van der Waals surface area contributed by atoms with Crippen LogP contribution in [0.25, 0.3) is 11.0 Å². The minimum Gasteiger partial charge on any atom is -0.481 e. The van der Waals surface area contributed by atoms with Gasteiger partial charge in [0.05, 0.1) is 17.5 Å². The summed E-state index contributed by atoms with van der Waals surface area (Å²) in [5, 5.41) is 11.6. The number of halogens is 1. The summed E-state index contributed by atoms with van der Waals surface area (Å²) < 4.78 is 0. The maximum absolute atomic E-state index is 12.0. The van der Waals surface area contributed by atoms with E-state index in [1.807, 2.05) is 0 Å². The number of nitrogens with one attached hydrogen (secondary N) is 2. The van der Waals surface area contributed by atoms with Crippen molar-refractivity contribution in [2.75, 3.05) is 11.1 Å². The standard InChI is InChI=1S/C14H18N4O3.ClH/c1-14(2,7-12(20)21)6-11(19)16-8-3-4-9-10(5-8)18-13(15)17-9;/h3-5H,6-7H2,1-2H3,(H,16,19)(H,20,21)(H3,15,17,18);1H. The molecule has 2 rings (SSSR count). The van der Waals surface area contributed by atoms with E-state index >= 15 is 0 Å². The number of rotatable bonds is 5. The van der Waals surface area contributed by atoms with E-state index in [2.05, 4.69) is 15.3 Å². The van der Waals surface area contributed by atoms with Crippen LogP contribution in [-0.2, 0) is 9.59 Å². The molecule has 0 fully saturated rings. The zero-order valence-electron chi connectivity index (χ0n) is 12.3. The van der Waals surface area contributed by atoms with Crippen molar-refractivity contribution < 1.29 is 14.7 Å². The number of anilines is 2. The van der Waals surface area contributed by atoms with Gasteiger partial charge in [-0.3, -0.25) is 9.59 Å². The van der Waals surface area contributed by atoms with Crippen LogP contribution in [0.2, 0.25) is 0 Å². The number of amides is 1. The van der Waals surface area contributed by atoms with Gasteiger partial charge in [-0.2, -0.15) is 0 Å². The average Bonchev–Trinajstić information content (AvgIpc) is 2.65. The molecule has 0 atom stereocenters. The predicted octanol–water partition coefficient (Wildman–Crippen LogP) is 2.40. The van der Waals surface area contributed by atoms with Crippen molar-refractivity contribution in [3.63, 3.8) is 0 Å². The topological polar surface area (TPSA) is 121 Å². The lowest BCUT2D eigenvalue weighted by molar-refractivity contribution is -0.139. The summed E-state index contributed by atoms with van der Waals surface area (Å²) >= 11 is 0. The summed E-state index contributed by atoms with van der Waals surface area (Å²) in [5.74, 6) is -0.827. The van der Waals surface area contributed by atoms with E-state index in [-0.39, 0.29) is 31.2 Å². The minimum atomic E-state index is -0.915. The van der Waals surface area contributed by atoms with Crippen LogP contribution in [0.1, 0.15) is 26.7 Å². The summed E-state index contributed by atoms with van der Waals surface area (Å²) in [6, 6.07) is 5.21. The van der Waals surface area contributed by atoms with Gasteiger partial charge in [0.1, 0.15) is 0 Å². The average molecular weight is 327 g/mol. The zero-order chi connectivity index (χ0) is 15.6. The van der Waals surface area contributed by atoms with Crippen molar-refractivity contribution in [1.29, 1.82) is 0 Å². The Bertz CT molecular complexity index is 696. The number of imidazole rings is 1. The first-order valence-corrected chi connectivity index (χ1v) is 6.52. The minimum absolute atomic E-state index is 0. The first-order chi connectivity index (χ1) is 9.75. The number of hydrogen-bond donors (Lipinski definition) is 4. The Labute approximate surface area is 133 Å². The molecule has 0 saturated carbocycles. The molecule has 7 nitrogen and oxygen atoms in total. The predicted molar refractivity (Wildman–Crippen MR) is 87.0 cm³/mol. The normalized spacial score (nSPS) is 11.0. The zero-order valence-corrected chi connectivity index (χ0v) is 13.2. The van der Waals surface area contributed by atoms with E-state index in [4.69, 9.17) is 10.8 Å². The van der Waals surface area contributed by atoms with Gasteiger partial charge in [0, 0.05) is 12.1 Å². The van der Waals surface area contributed by atoms with E-state index < -0.39 is 11.4 Å². The van der Waals surface area contributed by atoms with E-state index in [0.29, 0.717) is 11.6 Å².